The van der Waals surface area contributed by atoms with Crippen molar-refractivity contribution in [2.24, 2.45) is 5.73 Å². The number of hydrogen-bond donors (Lipinski definition) is 5. The predicted molar refractivity (Wildman–Crippen MR) is 122 cm³/mol. The summed E-state index contributed by atoms with van der Waals surface area (Å²) in [5.74, 6) is -2.49. The molecule has 0 unspecified atom stereocenters. The molecule has 0 spiro atoms. The van der Waals surface area contributed by atoms with Crippen molar-refractivity contribution >= 4 is 33.5 Å². The molecule has 0 aromatic heterocycles. The van der Waals surface area contributed by atoms with Gasteiger partial charge >= 0.3 is 5.97 Å². The van der Waals surface area contributed by atoms with Gasteiger partial charge in [-0.15, -0.1) is 0 Å². The van der Waals surface area contributed by atoms with E-state index in [2.05, 4.69) is 5.32 Å². The number of carbonyl (C=O) groups is 2. The van der Waals surface area contributed by atoms with Crippen LogP contribution in [-0.4, -0.2) is 42.0 Å². The molecule has 3 aromatic carbocycles. The number of carboxylic acid groups (broad SMARTS) is 1. The summed E-state index contributed by atoms with van der Waals surface area (Å²) in [4.78, 5) is 24.3. The normalized spacial score (nSPS) is 10.5. The molecule has 0 aliphatic carbocycles. The molecule has 0 bridgehead atoms. The first-order valence-corrected chi connectivity index (χ1v) is 11.0. The molecule has 172 valence electrons. The molecule has 0 saturated carbocycles. The van der Waals surface area contributed by atoms with Gasteiger partial charge in [-0.3, -0.25) is 14.8 Å². The Morgan fingerprint density at radius 3 is 2.06 bits per heavy atom. The van der Waals surface area contributed by atoms with Crippen LogP contribution in [0, 0.1) is 11.2 Å². The van der Waals surface area contributed by atoms with Gasteiger partial charge in [0.2, 0.25) is 0 Å². The summed E-state index contributed by atoms with van der Waals surface area (Å²) in [5.41, 5.74) is 7.05. The zero-order valence-electron chi connectivity index (χ0n) is 17.2. The number of nitrogens with one attached hydrogen (secondary N) is 2. The van der Waals surface area contributed by atoms with E-state index >= 15 is 0 Å². The van der Waals surface area contributed by atoms with Crippen LogP contribution >= 0.6 is 0 Å². The van der Waals surface area contributed by atoms with Gasteiger partial charge in [-0.25, -0.2) is 9.18 Å². The van der Waals surface area contributed by atoms with Crippen molar-refractivity contribution in [3.63, 3.8) is 0 Å². The zero-order valence-corrected chi connectivity index (χ0v) is 18.1. The van der Waals surface area contributed by atoms with E-state index in [1.807, 2.05) is 0 Å². The number of aromatic carboxylic acids is 1. The number of nitrogens with two attached hydrogens (primary N) is 1. The number of carbonyl (C=O) groups excluding carboxylic acids is 1. The van der Waals surface area contributed by atoms with Crippen LogP contribution in [0.15, 0.2) is 66.7 Å². The van der Waals surface area contributed by atoms with Crippen LogP contribution in [0.4, 0.5) is 10.1 Å². The number of nitrogen functional groups attached to an aromatic ring is 1. The van der Waals surface area contributed by atoms with Crippen LogP contribution in [0.2, 0.25) is 0 Å². The topological polar surface area (TPSA) is 171 Å². The van der Waals surface area contributed by atoms with Crippen LogP contribution in [-0.2, 0) is 10.1 Å². The molecule has 0 fully saturated rings. The van der Waals surface area contributed by atoms with E-state index in [0.29, 0.717) is 23.1 Å². The third-order valence-electron chi connectivity index (χ3n) is 4.13. The third-order valence-corrected chi connectivity index (χ3v) is 4.13. The monoisotopic (exact) mass is 473 g/mol. The van der Waals surface area contributed by atoms with Gasteiger partial charge in [0.1, 0.15) is 11.7 Å². The summed E-state index contributed by atoms with van der Waals surface area (Å²) in [7, 11) is -3.67. The molecule has 33 heavy (non-hydrogen) atoms. The number of hydrogen-bond acceptors (Lipinski definition) is 5. The number of halogens is 1. The minimum absolute atomic E-state index is 0.0827. The first-order valence-electron chi connectivity index (χ1n) is 9.17. The molecule has 3 rings (SSSR count). The number of benzene rings is 3. The standard InChI is InChI=1S/C21H16FN3O3.CH4O3S/c22-13-7-10-16(18(11-13)21(27)28)15-3-1-2-4-17(15)20(26)25-14-8-5-12(6-9-14)19(23)24;1-5(2,3)4/h1-11H,(H3,23,24)(H,25,26)(H,27,28);1H3,(H,2,3,4). The average molecular weight is 473 g/mol. The van der Waals surface area contributed by atoms with Crippen molar-refractivity contribution < 1.29 is 32.1 Å². The summed E-state index contributed by atoms with van der Waals surface area (Å²) in [6, 6.07) is 16.3. The second-order valence-electron chi connectivity index (χ2n) is 6.72. The van der Waals surface area contributed by atoms with Crippen LogP contribution in [0.25, 0.3) is 11.1 Å². The maximum Gasteiger partial charge on any atom is 0.336 e. The highest BCUT2D eigenvalue weighted by Gasteiger charge is 2.18. The minimum atomic E-state index is -3.67. The highest BCUT2D eigenvalue weighted by molar-refractivity contribution is 7.85. The van der Waals surface area contributed by atoms with Gasteiger partial charge in [-0.1, -0.05) is 24.3 Å². The Morgan fingerprint density at radius 1 is 0.970 bits per heavy atom. The maximum atomic E-state index is 13.5. The fourth-order valence-corrected chi connectivity index (χ4v) is 2.78. The van der Waals surface area contributed by atoms with Crippen molar-refractivity contribution in [2.75, 3.05) is 11.6 Å². The van der Waals surface area contributed by atoms with Gasteiger partial charge in [0, 0.05) is 16.8 Å². The van der Waals surface area contributed by atoms with E-state index in [9.17, 15) is 27.5 Å². The average Bonchev–Trinajstić information content (AvgIpc) is 2.73. The summed E-state index contributed by atoms with van der Waals surface area (Å²) in [6.07, 6.45) is 0.715. The van der Waals surface area contributed by atoms with Crippen LogP contribution < -0.4 is 11.1 Å². The SMILES string of the molecule is CS(=O)(=O)O.N=C(N)c1ccc(NC(=O)c2ccccc2-c2ccc(F)cc2C(=O)O)cc1. The van der Waals surface area contributed by atoms with Gasteiger partial charge in [0.25, 0.3) is 16.0 Å². The molecule has 0 atom stereocenters. The molecule has 0 aliphatic rings. The lowest BCUT2D eigenvalue weighted by molar-refractivity contribution is 0.0696. The lowest BCUT2D eigenvalue weighted by Crippen LogP contribution is -2.14. The molecule has 9 nitrogen and oxygen atoms in total. The van der Waals surface area contributed by atoms with Gasteiger partial charge in [0.05, 0.1) is 11.8 Å². The number of amidine groups is 1. The Kier molecular flexibility index (Phi) is 8.00. The van der Waals surface area contributed by atoms with Crippen molar-refractivity contribution in [3.8, 4) is 11.1 Å². The first-order chi connectivity index (χ1) is 15.4. The number of carboxylic acids is 1. The number of amides is 1. The molecule has 6 N–H and O–H groups in total. The lowest BCUT2D eigenvalue weighted by atomic mass is 9.94. The Balaban J connectivity index is 0.000000696. The van der Waals surface area contributed by atoms with Gasteiger partial charge in [-0.2, -0.15) is 8.42 Å². The smallest absolute Gasteiger partial charge is 0.336 e. The lowest BCUT2D eigenvalue weighted by Gasteiger charge is -2.13. The van der Waals surface area contributed by atoms with E-state index in [0.717, 1.165) is 12.1 Å². The Morgan fingerprint density at radius 2 is 1.52 bits per heavy atom. The maximum absolute atomic E-state index is 13.5. The minimum Gasteiger partial charge on any atom is -0.478 e. The zero-order chi connectivity index (χ0) is 24.8. The fourth-order valence-electron chi connectivity index (χ4n) is 2.78. The molecular formula is C22H20FN3O6S. The second kappa shape index (κ2) is 10.5. The molecular weight excluding hydrogens is 453 g/mol. The van der Waals surface area contributed by atoms with Crippen molar-refractivity contribution in [1.82, 2.24) is 0 Å². The predicted octanol–water partition coefficient (Wildman–Crippen LogP) is 3.23. The van der Waals surface area contributed by atoms with E-state index in [4.69, 9.17) is 15.7 Å². The Labute approximate surface area is 188 Å². The van der Waals surface area contributed by atoms with Gasteiger partial charge in [-0.05, 0) is 53.6 Å². The summed E-state index contributed by atoms with van der Waals surface area (Å²) >= 11 is 0. The quantitative estimate of drug-likeness (QED) is 0.215. The third kappa shape index (κ3) is 7.52. The van der Waals surface area contributed by atoms with Crippen LogP contribution in [0.5, 0.6) is 0 Å². The second-order valence-corrected chi connectivity index (χ2v) is 8.18. The molecule has 0 radical (unpaired) electrons. The highest BCUT2D eigenvalue weighted by atomic mass is 32.2. The molecule has 11 heteroatoms. The van der Waals surface area contributed by atoms with Gasteiger partial charge < -0.3 is 16.2 Å². The molecule has 0 saturated heterocycles. The Bertz CT molecular complexity index is 1300. The first kappa shape index (κ1) is 25.2. The van der Waals surface area contributed by atoms with Crippen LogP contribution in [0.1, 0.15) is 26.3 Å². The summed E-state index contributed by atoms with van der Waals surface area (Å²) in [6.45, 7) is 0. The summed E-state index contributed by atoms with van der Waals surface area (Å²) < 4.78 is 39.4. The van der Waals surface area contributed by atoms with E-state index < -0.39 is 27.8 Å². The fraction of sp³-hybridized carbons (Fsp3) is 0.0455. The molecule has 1 amide bonds. The molecule has 3 aromatic rings. The van der Waals surface area contributed by atoms with Crippen molar-refractivity contribution in [3.05, 3.63) is 89.2 Å². The molecule has 0 heterocycles. The van der Waals surface area contributed by atoms with Gasteiger partial charge in [0.15, 0.2) is 0 Å². The van der Waals surface area contributed by atoms with Crippen molar-refractivity contribution in [2.45, 2.75) is 0 Å². The number of rotatable bonds is 5. The summed E-state index contributed by atoms with van der Waals surface area (Å²) in [5, 5.41) is 19.5. The van der Waals surface area contributed by atoms with E-state index in [1.54, 1.807) is 48.5 Å². The Hall–Kier alpha value is -4.09. The van der Waals surface area contributed by atoms with Crippen molar-refractivity contribution in [1.29, 1.82) is 5.41 Å². The number of anilines is 1. The largest absolute Gasteiger partial charge is 0.478 e. The van der Waals surface area contributed by atoms with E-state index in [1.165, 1.54) is 6.07 Å². The van der Waals surface area contributed by atoms with E-state index in [-0.39, 0.29) is 22.5 Å². The van der Waals surface area contributed by atoms with Crippen LogP contribution in [0.3, 0.4) is 0 Å². The highest BCUT2D eigenvalue weighted by Crippen LogP contribution is 2.28. The molecule has 0 aliphatic heterocycles.